The van der Waals surface area contributed by atoms with E-state index in [-0.39, 0.29) is 5.92 Å². The van der Waals surface area contributed by atoms with Crippen molar-refractivity contribution in [3.05, 3.63) is 29.8 Å². The zero-order valence-electron chi connectivity index (χ0n) is 10.4. The number of pyridine rings is 1. The Hall–Kier alpha value is -0.960. The van der Waals surface area contributed by atoms with E-state index in [9.17, 15) is 9.50 Å². The Labute approximate surface area is 102 Å². The number of rotatable bonds is 2. The molecule has 0 bridgehead atoms. The van der Waals surface area contributed by atoms with E-state index in [1.807, 2.05) is 0 Å². The van der Waals surface area contributed by atoms with Gasteiger partial charge in [-0.3, -0.25) is 4.98 Å². The van der Waals surface area contributed by atoms with E-state index >= 15 is 0 Å². The normalized spacial score (nSPS) is 31.2. The SMILES string of the molecule is CC1CC(C)CC(C(O)c2ccncc2F)C1. The lowest BCUT2D eigenvalue weighted by atomic mass is 9.73. The first kappa shape index (κ1) is 12.5. The molecule has 3 unspecified atom stereocenters. The summed E-state index contributed by atoms with van der Waals surface area (Å²) in [5.74, 6) is 1.00. The Kier molecular flexibility index (Phi) is 3.77. The molecule has 1 N–H and O–H groups in total. The summed E-state index contributed by atoms with van der Waals surface area (Å²) in [5.41, 5.74) is 0.395. The zero-order chi connectivity index (χ0) is 12.4. The van der Waals surface area contributed by atoms with E-state index in [0.29, 0.717) is 17.4 Å². The maximum Gasteiger partial charge on any atom is 0.147 e. The van der Waals surface area contributed by atoms with Gasteiger partial charge in [-0.05, 0) is 43.1 Å². The highest BCUT2D eigenvalue weighted by Crippen LogP contribution is 2.40. The van der Waals surface area contributed by atoms with E-state index in [1.165, 1.54) is 18.8 Å². The van der Waals surface area contributed by atoms with Crippen molar-refractivity contribution in [2.45, 2.75) is 39.2 Å². The van der Waals surface area contributed by atoms with Crippen LogP contribution in [-0.2, 0) is 0 Å². The van der Waals surface area contributed by atoms with Crippen LogP contribution >= 0.6 is 0 Å². The van der Waals surface area contributed by atoms with Crippen molar-refractivity contribution >= 4 is 0 Å². The third-order valence-corrected chi connectivity index (χ3v) is 3.78. The number of nitrogens with zero attached hydrogens (tertiary/aromatic N) is 1. The lowest BCUT2D eigenvalue weighted by Crippen LogP contribution is -2.25. The molecule has 0 spiro atoms. The van der Waals surface area contributed by atoms with Crippen LogP contribution in [0.25, 0.3) is 0 Å². The Bertz CT molecular complexity index is 372. The highest BCUT2D eigenvalue weighted by Gasteiger charge is 2.30. The molecule has 2 nitrogen and oxygen atoms in total. The molecule has 1 aromatic rings. The molecule has 3 heteroatoms. The Morgan fingerprint density at radius 2 is 1.94 bits per heavy atom. The molecule has 2 rings (SSSR count). The molecule has 1 fully saturated rings. The summed E-state index contributed by atoms with van der Waals surface area (Å²) in [6.45, 7) is 4.41. The minimum Gasteiger partial charge on any atom is -0.388 e. The number of aliphatic hydroxyl groups excluding tert-OH is 1. The summed E-state index contributed by atoms with van der Waals surface area (Å²) >= 11 is 0. The van der Waals surface area contributed by atoms with Gasteiger partial charge in [0.15, 0.2) is 0 Å². The predicted octanol–water partition coefficient (Wildman–Crippen LogP) is 3.33. The third kappa shape index (κ3) is 2.83. The number of aromatic nitrogens is 1. The molecule has 1 aliphatic carbocycles. The molecule has 94 valence electrons. The molecule has 1 heterocycles. The lowest BCUT2D eigenvalue weighted by molar-refractivity contribution is 0.0525. The summed E-state index contributed by atoms with van der Waals surface area (Å²) in [7, 11) is 0. The predicted molar refractivity (Wildman–Crippen MR) is 64.8 cm³/mol. The van der Waals surface area contributed by atoms with Gasteiger partial charge in [0.05, 0.1) is 12.3 Å². The van der Waals surface area contributed by atoms with Crippen LogP contribution in [0, 0.1) is 23.6 Å². The first-order chi connectivity index (χ1) is 8.08. The molecule has 0 aliphatic heterocycles. The van der Waals surface area contributed by atoms with Gasteiger partial charge in [-0.15, -0.1) is 0 Å². The molecule has 1 saturated carbocycles. The summed E-state index contributed by atoms with van der Waals surface area (Å²) in [6, 6.07) is 1.59. The van der Waals surface area contributed by atoms with Crippen LogP contribution in [0.1, 0.15) is 44.8 Å². The number of hydrogen-bond donors (Lipinski definition) is 1. The fraction of sp³-hybridized carbons (Fsp3) is 0.643. The van der Waals surface area contributed by atoms with Gasteiger partial charge in [0.2, 0.25) is 0 Å². The molecule has 0 amide bonds. The fourth-order valence-electron chi connectivity index (χ4n) is 3.15. The minimum absolute atomic E-state index is 0.172. The van der Waals surface area contributed by atoms with Crippen molar-refractivity contribution in [1.82, 2.24) is 4.98 Å². The van der Waals surface area contributed by atoms with Crippen LogP contribution in [0.4, 0.5) is 4.39 Å². The average molecular weight is 237 g/mol. The van der Waals surface area contributed by atoms with Crippen LogP contribution in [0.2, 0.25) is 0 Å². The van der Waals surface area contributed by atoms with Crippen molar-refractivity contribution in [3.8, 4) is 0 Å². The maximum atomic E-state index is 13.6. The van der Waals surface area contributed by atoms with Crippen LogP contribution < -0.4 is 0 Å². The first-order valence-corrected chi connectivity index (χ1v) is 6.35. The van der Waals surface area contributed by atoms with Gasteiger partial charge in [-0.1, -0.05) is 13.8 Å². The van der Waals surface area contributed by atoms with Gasteiger partial charge in [0, 0.05) is 11.8 Å². The molecular formula is C14H20FNO. The van der Waals surface area contributed by atoms with Crippen LogP contribution in [0.3, 0.4) is 0 Å². The van der Waals surface area contributed by atoms with Gasteiger partial charge in [0.25, 0.3) is 0 Å². The smallest absolute Gasteiger partial charge is 0.147 e. The van der Waals surface area contributed by atoms with Crippen molar-refractivity contribution in [3.63, 3.8) is 0 Å². The largest absolute Gasteiger partial charge is 0.388 e. The molecular weight excluding hydrogens is 217 g/mol. The molecule has 1 aliphatic rings. The second-order valence-corrected chi connectivity index (χ2v) is 5.52. The standard InChI is InChI=1S/C14H20FNO/c1-9-5-10(2)7-11(6-9)14(17)12-3-4-16-8-13(12)15/h3-4,8-11,14,17H,5-7H2,1-2H3. The number of aliphatic hydroxyl groups is 1. The lowest BCUT2D eigenvalue weighted by Gasteiger charge is -2.34. The average Bonchev–Trinajstić information content (AvgIpc) is 2.27. The Morgan fingerprint density at radius 3 is 2.53 bits per heavy atom. The second-order valence-electron chi connectivity index (χ2n) is 5.52. The Balaban J connectivity index is 2.14. The quantitative estimate of drug-likeness (QED) is 0.856. The third-order valence-electron chi connectivity index (χ3n) is 3.78. The van der Waals surface area contributed by atoms with Gasteiger partial charge in [0.1, 0.15) is 5.82 Å². The summed E-state index contributed by atoms with van der Waals surface area (Å²) in [4.78, 5) is 3.72. The maximum absolute atomic E-state index is 13.6. The summed E-state index contributed by atoms with van der Waals surface area (Å²) in [5, 5.41) is 10.3. The van der Waals surface area contributed by atoms with Crippen molar-refractivity contribution < 1.29 is 9.50 Å². The molecule has 0 radical (unpaired) electrons. The highest BCUT2D eigenvalue weighted by molar-refractivity contribution is 5.16. The first-order valence-electron chi connectivity index (χ1n) is 6.35. The Morgan fingerprint density at radius 1 is 1.29 bits per heavy atom. The van der Waals surface area contributed by atoms with Crippen molar-refractivity contribution in [1.29, 1.82) is 0 Å². The minimum atomic E-state index is -0.691. The molecule has 1 aromatic heterocycles. The zero-order valence-corrected chi connectivity index (χ0v) is 10.4. The van der Waals surface area contributed by atoms with E-state index in [1.54, 1.807) is 6.07 Å². The highest BCUT2D eigenvalue weighted by atomic mass is 19.1. The van der Waals surface area contributed by atoms with Crippen molar-refractivity contribution in [2.75, 3.05) is 0 Å². The molecule has 3 atom stereocenters. The molecule has 0 aromatic carbocycles. The second kappa shape index (κ2) is 5.13. The van der Waals surface area contributed by atoms with E-state index in [4.69, 9.17) is 0 Å². The summed E-state index contributed by atoms with van der Waals surface area (Å²) in [6.07, 6.45) is 5.19. The van der Waals surface area contributed by atoms with Crippen molar-refractivity contribution in [2.24, 2.45) is 17.8 Å². The fourth-order valence-corrected chi connectivity index (χ4v) is 3.15. The van der Waals surface area contributed by atoms with Gasteiger partial charge >= 0.3 is 0 Å². The monoisotopic (exact) mass is 237 g/mol. The van der Waals surface area contributed by atoms with Crippen LogP contribution in [0.15, 0.2) is 18.5 Å². The van der Waals surface area contributed by atoms with Gasteiger partial charge < -0.3 is 5.11 Å². The van der Waals surface area contributed by atoms with E-state index in [0.717, 1.165) is 12.8 Å². The van der Waals surface area contributed by atoms with E-state index < -0.39 is 11.9 Å². The van der Waals surface area contributed by atoms with Gasteiger partial charge in [-0.2, -0.15) is 0 Å². The molecule has 0 saturated heterocycles. The van der Waals surface area contributed by atoms with Crippen LogP contribution in [0.5, 0.6) is 0 Å². The number of hydrogen-bond acceptors (Lipinski definition) is 2. The molecule has 17 heavy (non-hydrogen) atoms. The number of halogens is 1. The van der Waals surface area contributed by atoms with Gasteiger partial charge in [-0.25, -0.2) is 4.39 Å². The van der Waals surface area contributed by atoms with E-state index in [2.05, 4.69) is 18.8 Å². The summed E-state index contributed by atoms with van der Waals surface area (Å²) < 4.78 is 13.6. The van der Waals surface area contributed by atoms with Crippen LogP contribution in [-0.4, -0.2) is 10.1 Å². The topological polar surface area (TPSA) is 33.1 Å².